The van der Waals surface area contributed by atoms with Crippen molar-refractivity contribution in [2.45, 2.75) is 6.04 Å². The van der Waals surface area contributed by atoms with Crippen LogP contribution in [0.1, 0.15) is 17.2 Å². The molecule has 0 aliphatic heterocycles. The lowest BCUT2D eigenvalue weighted by Crippen LogP contribution is -2.14. The van der Waals surface area contributed by atoms with Crippen molar-refractivity contribution < 1.29 is 13.9 Å². The lowest BCUT2D eigenvalue weighted by molar-refractivity contribution is 0.354. The molecule has 1 unspecified atom stereocenters. The van der Waals surface area contributed by atoms with Crippen molar-refractivity contribution in [3.05, 3.63) is 56.8 Å². The van der Waals surface area contributed by atoms with Crippen LogP contribution in [-0.2, 0) is 0 Å². The largest absolute Gasteiger partial charge is 0.493 e. The SMILES string of the molecule is COc1cc(Cl)c(C(N)c2cccc(Br)c2F)cc1OC. The molecule has 21 heavy (non-hydrogen) atoms. The molecule has 2 aromatic rings. The topological polar surface area (TPSA) is 44.5 Å². The number of hydrogen-bond donors (Lipinski definition) is 1. The van der Waals surface area contributed by atoms with Crippen LogP contribution in [0, 0.1) is 5.82 Å². The highest BCUT2D eigenvalue weighted by Crippen LogP contribution is 2.38. The zero-order chi connectivity index (χ0) is 15.6. The van der Waals surface area contributed by atoms with Crippen LogP contribution in [0.15, 0.2) is 34.8 Å². The molecule has 0 radical (unpaired) electrons. The summed E-state index contributed by atoms with van der Waals surface area (Å²) < 4.78 is 24.9. The lowest BCUT2D eigenvalue weighted by atomic mass is 9.98. The second-order valence-electron chi connectivity index (χ2n) is 4.35. The molecular weight excluding hydrogens is 361 g/mol. The summed E-state index contributed by atoms with van der Waals surface area (Å²) in [5, 5.41) is 0.388. The molecule has 0 fully saturated rings. The van der Waals surface area contributed by atoms with Crippen molar-refractivity contribution in [1.82, 2.24) is 0 Å². The average Bonchev–Trinajstić information content (AvgIpc) is 2.49. The van der Waals surface area contributed by atoms with E-state index in [0.717, 1.165) is 0 Å². The van der Waals surface area contributed by atoms with Gasteiger partial charge in [-0.05, 0) is 33.6 Å². The Bertz CT molecular complexity index is 666. The Morgan fingerprint density at radius 2 is 1.76 bits per heavy atom. The zero-order valence-electron chi connectivity index (χ0n) is 11.5. The molecule has 0 aliphatic rings. The summed E-state index contributed by atoms with van der Waals surface area (Å²) in [5.74, 6) is 0.576. The monoisotopic (exact) mass is 373 g/mol. The van der Waals surface area contributed by atoms with E-state index in [0.29, 0.717) is 32.1 Å². The van der Waals surface area contributed by atoms with Crippen LogP contribution in [0.2, 0.25) is 5.02 Å². The number of nitrogens with two attached hydrogens (primary N) is 1. The number of ether oxygens (including phenoxy) is 2. The maximum absolute atomic E-state index is 14.2. The molecule has 6 heteroatoms. The van der Waals surface area contributed by atoms with E-state index in [1.54, 1.807) is 30.3 Å². The van der Waals surface area contributed by atoms with Crippen molar-refractivity contribution in [3.8, 4) is 11.5 Å². The first-order valence-electron chi connectivity index (χ1n) is 6.10. The van der Waals surface area contributed by atoms with Crippen LogP contribution in [0.25, 0.3) is 0 Å². The summed E-state index contributed by atoms with van der Waals surface area (Å²) in [6, 6.07) is 7.50. The van der Waals surface area contributed by atoms with E-state index >= 15 is 0 Å². The van der Waals surface area contributed by atoms with Crippen molar-refractivity contribution >= 4 is 27.5 Å². The number of hydrogen-bond acceptors (Lipinski definition) is 3. The molecule has 1 atom stereocenters. The average molecular weight is 375 g/mol. The summed E-state index contributed by atoms with van der Waals surface area (Å²) in [6.45, 7) is 0. The van der Waals surface area contributed by atoms with Crippen LogP contribution >= 0.6 is 27.5 Å². The maximum Gasteiger partial charge on any atom is 0.162 e. The standard InChI is InChI=1S/C15H14BrClFNO2/c1-20-12-6-9(11(17)7-13(12)21-2)15(19)8-4-3-5-10(16)14(8)18/h3-7,15H,19H2,1-2H3. The summed E-state index contributed by atoms with van der Waals surface area (Å²) in [4.78, 5) is 0. The summed E-state index contributed by atoms with van der Waals surface area (Å²) in [7, 11) is 3.03. The quantitative estimate of drug-likeness (QED) is 0.867. The third-order valence-corrected chi connectivity index (χ3v) is 4.09. The predicted molar refractivity (Wildman–Crippen MR) is 84.7 cm³/mol. The molecule has 2 aromatic carbocycles. The van der Waals surface area contributed by atoms with Gasteiger partial charge in [0.1, 0.15) is 5.82 Å². The van der Waals surface area contributed by atoms with Gasteiger partial charge < -0.3 is 15.2 Å². The minimum Gasteiger partial charge on any atom is -0.493 e. The van der Waals surface area contributed by atoms with E-state index in [4.69, 9.17) is 26.8 Å². The van der Waals surface area contributed by atoms with E-state index in [9.17, 15) is 4.39 Å². The Morgan fingerprint density at radius 3 is 2.38 bits per heavy atom. The molecular formula is C15H14BrClFNO2. The molecule has 0 bridgehead atoms. The fourth-order valence-corrected chi connectivity index (χ4v) is 2.69. The molecule has 2 N–H and O–H groups in total. The molecule has 3 nitrogen and oxygen atoms in total. The fraction of sp³-hybridized carbons (Fsp3) is 0.200. The third kappa shape index (κ3) is 3.15. The van der Waals surface area contributed by atoms with E-state index in [-0.39, 0.29) is 0 Å². The van der Waals surface area contributed by atoms with Crippen LogP contribution in [0.5, 0.6) is 11.5 Å². The van der Waals surface area contributed by atoms with Gasteiger partial charge in [-0.3, -0.25) is 0 Å². The number of benzene rings is 2. The predicted octanol–water partition coefficient (Wildman–Crippen LogP) is 4.31. The highest BCUT2D eigenvalue weighted by Gasteiger charge is 2.20. The molecule has 0 heterocycles. The first-order chi connectivity index (χ1) is 9.99. The highest BCUT2D eigenvalue weighted by atomic mass is 79.9. The minimum atomic E-state index is -0.713. The van der Waals surface area contributed by atoms with Gasteiger partial charge in [0.25, 0.3) is 0 Å². The van der Waals surface area contributed by atoms with E-state index in [1.165, 1.54) is 14.2 Å². The second kappa shape index (κ2) is 6.64. The smallest absolute Gasteiger partial charge is 0.162 e. The van der Waals surface area contributed by atoms with Gasteiger partial charge in [-0.15, -0.1) is 0 Å². The Balaban J connectivity index is 2.53. The van der Waals surface area contributed by atoms with Crippen LogP contribution in [0.3, 0.4) is 0 Å². The molecule has 0 amide bonds. The van der Waals surface area contributed by atoms with Crippen molar-refractivity contribution in [2.24, 2.45) is 5.73 Å². The Labute approximate surface area is 135 Å². The zero-order valence-corrected chi connectivity index (χ0v) is 13.8. The summed E-state index contributed by atoms with van der Waals surface area (Å²) >= 11 is 9.37. The molecule has 0 spiro atoms. The van der Waals surface area contributed by atoms with Gasteiger partial charge in [-0.1, -0.05) is 23.7 Å². The van der Waals surface area contributed by atoms with Crippen LogP contribution < -0.4 is 15.2 Å². The Hall–Kier alpha value is -1.30. The Kier molecular flexibility index (Phi) is 5.08. The van der Waals surface area contributed by atoms with E-state index in [1.807, 2.05) is 0 Å². The minimum absolute atomic E-state index is 0.346. The maximum atomic E-state index is 14.2. The van der Waals surface area contributed by atoms with E-state index in [2.05, 4.69) is 15.9 Å². The second-order valence-corrected chi connectivity index (χ2v) is 5.61. The van der Waals surface area contributed by atoms with Crippen LogP contribution in [-0.4, -0.2) is 14.2 Å². The van der Waals surface area contributed by atoms with Crippen molar-refractivity contribution in [2.75, 3.05) is 14.2 Å². The van der Waals surface area contributed by atoms with Gasteiger partial charge in [-0.2, -0.15) is 0 Å². The summed E-state index contributed by atoms with van der Waals surface area (Å²) in [5.41, 5.74) is 7.07. The third-order valence-electron chi connectivity index (χ3n) is 3.15. The number of methoxy groups -OCH3 is 2. The molecule has 112 valence electrons. The van der Waals surface area contributed by atoms with Crippen LogP contribution in [0.4, 0.5) is 4.39 Å². The van der Waals surface area contributed by atoms with Gasteiger partial charge in [0, 0.05) is 16.7 Å². The Morgan fingerprint density at radius 1 is 1.14 bits per heavy atom. The van der Waals surface area contributed by atoms with Gasteiger partial charge in [0.2, 0.25) is 0 Å². The lowest BCUT2D eigenvalue weighted by Gasteiger charge is -2.18. The molecule has 0 aliphatic carbocycles. The van der Waals surface area contributed by atoms with Gasteiger partial charge in [-0.25, -0.2) is 4.39 Å². The number of halogens is 3. The van der Waals surface area contributed by atoms with E-state index < -0.39 is 11.9 Å². The number of rotatable bonds is 4. The normalized spacial score (nSPS) is 12.1. The molecule has 2 rings (SSSR count). The molecule has 0 saturated heterocycles. The first-order valence-corrected chi connectivity index (χ1v) is 7.27. The van der Waals surface area contributed by atoms with Crippen molar-refractivity contribution in [3.63, 3.8) is 0 Å². The van der Waals surface area contributed by atoms with Gasteiger partial charge >= 0.3 is 0 Å². The van der Waals surface area contributed by atoms with Gasteiger partial charge in [0.15, 0.2) is 11.5 Å². The summed E-state index contributed by atoms with van der Waals surface area (Å²) in [6.07, 6.45) is 0. The first kappa shape index (κ1) is 16.1. The molecule has 0 aromatic heterocycles. The fourth-order valence-electron chi connectivity index (χ4n) is 2.04. The van der Waals surface area contributed by atoms with Crippen molar-refractivity contribution in [1.29, 1.82) is 0 Å². The van der Waals surface area contributed by atoms with Gasteiger partial charge in [0.05, 0.1) is 24.7 Å². The molecule has 0 saturated carbocycles. The highest BCUT2D eigenvalue weighted by molar-refractivity contribution is 9.10.